The van der Waals surface area contributed by atoms with E-state index in [9.17, 15) is 0 Å². The molecular formula is C20H18Cl2Ti-2. The molecule has 4 rings (SSSR count). The first kappa shape index (κ1) is 18.3. The van der Waals surface area contributed by atoms with Gasteiger partial charge in [0.25, 0.3) is 0 Å². The van der Waals surface area contributed by atoms with Gasteiger partial charge < -0.3 is 0 Å². The van der Waals surface area contributed by atoms with Gasteiger partial charge in [0, 0.05) is 0 Å². The van der Waals surface area contributed by atoms with E-state index >= 15 is 0 Å². The molecule has 3 heteroatoms. The molecule has 4 aromatic carbocycles. The Bertz CT molecular complexity index is 786. The van der Waals surface area contributed by atoms with E-state index in [2.05, 4.69) is 86.6 Å². The van der Waals surface area contributed by atoms with Crippen LogP contribution in [0.5, 0.6) is 0 Å². The topological polar surface area (TPSA) is 0 Å². The third kappa shape index (κ3) is 4.96. The van der Waals surface area contributed by atoms with Crippen molar-refractivity contribution in [2.24, 2.45) is 0 Å². The SMILES string of the molecule is C[c-]1ccc2ccccc21.C[c-]1ccc2ccccc21.[Cl][Ti][Cl]. The normalized spacial score (nSPS) is 9.74. The van der Waals surface area contributed by atoms with Crippen molar-refractivity contribution in [3.8, 4) is 0 Å². The molecule has 0 nitrogen and oxygen atoms in total. The molecule has 0 bridgehead atoms. The van der Waals surface area contributed by atoms with Crippen molar-refractivity contribution in [2.45, 2.75) is 13.8 Å². The number of hydrogen-bond donors (Lipinski definition) is 0. The van der Waals surface area contributed by atoms with E-state index in [0.717, 1.165) is 0 Å². The van der Waals surface area contributed by atoms with Crippen molar-refractivity contribution in [1.82, 2.24) is 0 Å². The second-order valence-electron chi connectivity index (χ2n) is 5.28. The van der Waals surface area contributed by atoms with Crippen LogP contribution in [0.15, 0.2) is 72.8 Å². The van der Waals surface area contributed by atoms with E-state index in [1.165, 1.54) is 32.7 Å². The molecule has 0 amide bonds. The van der Waals surface area contributed by atoms with E-state index in [1.54, 1.807) is 0 Å². The summed E-state index contributed by atoms with van der Waals surface area (Å²) in [5.74, 6) is 0. The van der Waals surface area contributed by atoms with E-state index in [1.807, 2.05) is 0 Å². The zero-order valence-corrected chi connectivity index (χ0v) is 16.3. The van der Waals surface area contributed by atoms with Gasteiger partial charge in [-0.05, 0) is 0 Å². The summed E-state index contributed by atoms with van der Waals surface area (Å²) in [5.41, 5.74) is 2.74. The Hall–Kier alpha value is -1.05. The average Bonchev–Trinajstić information content (AvgIpc) is 3.14. The fraction of sp³-hybridized carbons (Fsp3) is 0.100. The first-order valence-corrected chi connectivity index (χ1v) is 11.7. The predicted octanol–water partition coefficient (Wildman–Crippen LogP) is 7.11. The second kappa shape index (κ2) is 9.30. The van der Waals surface area contributed by atoms with Crippen LogP contribution < -0.4 is 0 Å². The number of aryl methyl sites for hydroxylation is 2. The average molecular weight is 377 g/mol. The maximum absolute atomic E-state index is 4.89. The van der Waals surface area contributed by atoms with E-state index in [0.29, 0.717) is 0 Å². The van der Waals surface area contributed by atoms with Crippen LogP contribution in [0, 0.1) is 13.8 Å². The molecule has 0 N–H and O–H groups in total. The summed E-state index contributed by atoms with van der Waals surface area (Å²) in [4.78, 5) is 0. The quantitative estimate of drug-likeness (QED) is 0.226. The third-order valence-electron chi connectivity index (χ3n) is 3.80. The molecule has 0 unspecified atom stereocenters. The molecule has 0 saturated heterocycles. The number of benzene rings is 2. The van der Waals surface area contributed by atoms with Crippen molar-refractivity contribution in [3.63, 3.8) is 0 Å². The predicted molar refractivity (Wildman–Crippen MR) is 100 cm³/mol. The maximum atomic E-state index is 4.89. The Kier molecular flexibility index (Phi) is 7.40. The molecule has 0 aromatic heterocycles. The Morgan fingerprint density at radius 3 is 1.35 bits per heavy atom. The number of rotatable bonds is 0. The molecule has 0 aliphatic rings. The Morgan fingerprint density at radius 2 is 1.00 bits per heavy atom. The van der Waals surface area contributed by atoms with Gasteiger partial charge in [0.2, 0.25) is 0 Å². The van der Waals surface area contributed by atoms with E-state index in [-0.39, 0.29) is 0 Å². The van der Waals surface area contributed by atoms with Gasteiger partial charge in [-0.15, -0.1) is 69.1 Å². The van der Waals surface area contributed by atoms with Crippen LogP contribution in [-0.4, -0.2) is 0 Å². The minimum absolute atomic E-state index is 0.556. The molecule has 0 saturated carbocycles. The van der Waals surface area contributed by atoms with Crippen molar-refractivity contribution >= 4 is 40.2 Å². The van der Waals surface area contributed by atoms with Crippen LogP contribution in [0.2, 0.25) is 0 Å². The van der Waals surface area contributed by atoms with Gasteiger partial charge in [0.1, 0.15) is 0 Å². The monoisotopic (exact) mass is 376 g/mol. The molecule has 4 aromatic rings. The zero-order valence-electron chi connectivity index (χ0n) is 13.2. The zero-order chi connectivity index (χ0) is 16.7. The van der Waals surface area contributed by atoms with Crippen LogP contribution >= 0.6 is 18.6 Å². The molecule has 0 radical (unpaired) electrons. The van der Waals surface area contributed by atoms with Crippen LogP contribution in [0.3, 0.4) is 0 Å². The standard InChI is InChI=1S/2C10H9.2ClH.Ti/c2*1-8-6-7-9-4-2-3-5-10(8)9;;;/h2*2-7H,1H3;2*1H;/q2*-1;;;+2/p-2. The molecule has 0 spiro atoms. The summed E-state index contributed by atoms with van der Waals surface area (Å²) in [6, 6.07) is 25.5. The second-order valence-corrected chi connectivity index (χ2v) is 7.86. The van der Waals surface area contributed by atoms with E-state index in [4.69, 9.17) is 18.6 Å². The molecule has 0 aliphatic carbocycles. The van der Waals surface area contributed by atoms with Gasteiger partial charge in [-0.1, -0.05) is 26.0 Å². The first-order valence-electron chi connectivity index (χ1n) is 7.35. The molecule has 0 aliphatic heterocycles. The first-order chi connectivity index (χ1) is 11.2. The summed E-state index contributed by atoms with van der Waals surface area (Å²) >= 11 is -0.556. The number of hydrogen-bond acceptors (Lipinski definition) is 0. The van der Waals surface area contributed by atoms with Gasteiger partial charge >= 0.3 is 35.6 Å². The number of fused-ring (bicyclic) bond motifs is 2. The molecule has 23 heavy (non-hydrogen) atoms. The van der Waals surface area contributed by atoms with Crippen LogP contribution in [-0.2, 0) is 17.0 Å². The van der Waals surface area contributed by atoms with E-state index < -0.39 is 17.0 Å². The van der Waals surface area contributed by atoms with Crippen molar-refractivity contribution in [2.75, 3.05) is 0 Å². The fourth-order valence-corrected chi connectivity index (χ4v) is 2.61. The Balaban J connectivity index is 0.000000143. The minimum atomic E-state index is -0.556. The van der Waals surface area contributed by atoms with Crippen molar-refractivity contribution in [1.29, 1.82) is 0 Å². The molecule has 0 fully saturated rings. The molecule has 0 atom stereocenters. The summed E-state index contributed by atoms with van der Waals surface area (Å²) in [6.45, 7) is 4.28. The summed E-state index contributed by atoms with van der Waals surface area (Å²) in [7, 11) is 9.78. The summed E-state index contributed by atoms with van der Waals surface area (Å²) in [6.07, 6.45) is 0. The van der Waals surface area contributed by atoms with Gasteiger partial charge in [-0.2, -0.15) is 24.3 Å². The fourth-order valence-electron chi connectivity index (χ4n) is 2.61. The van der Waals surface area contributed by atoms with Crippen molar-refractivity contribution < 1.29 is 17.0 Å². The van der Waals surface area contributed by atoms with Gasteiger partial charge in [0.15, 0.2) is 0 Å². The summed E-state index contributed by atoms with van der Waals surface area (Å²) in [5, 5.41) is 5.45. The third-order valence-corrected chi connectivity index (χ3v) is 3.80. The molecule has 0 heterocycles. The molecule has 118 valence electrons. The van der Waals surface area contributed by atoms with Crippen LogP contribution in [0.25, 0.3) is 21.5 Å². The van der Waals surface area contributed by atoms with Gasteiger partial charge in [-0.3, -0.25) is 0 Å². The summed E-state index contributed by atoms with van der Waals surface area (Å²) < 4.78 is 0. The van der Waals surface area contributed by atoms with Crippen LogP contribution in [0.4, 0.5) is 0 Å². The number of halogens is 2. The molecular weight excluding hydrogens is 359 g/mol. The van der Waals surface area contributed by atoms with Crippen molar-refractivity contribution in [3.05, 3.63) is 83.9 Å². The Morgan fingerprint density at radius 1 is 0.652 bits per heavy atom. The van der Waals surface area contributed by atoms with Gasteiger partial charge in [-0.25, -0.2) is 0 Å². The van der Waals surface area contributed by atoms with Gasteiger partial charge in [0.05, 0.1) is 0 Å². The van der Waals surface area contributed by atoms with Crippen LogP contribution in [0.1, 0.15) is 11.1 Å². The Labute approximate surface area is 154 Å².